The van der Waals surface area contributed by atoms with Crippen molar-refractivity contribution in [3.63, 3.8) is 0 Å². The fraction of sp³-hybridized carbons (Fsp3) is 0.286. The molecule has 0 aliphatic carbocycles. The monoisotopic (exact) mass is 414 g/mol. The highest BCUT2D eigenvalue weighted by Gasteiger charge is 2.31. The first-order valence-corrected chi connectivity index (χ1v) is 11.6. The molecule has 1 aromatic heterocycles. The average Bonchev–Trinajstić information content (AvgIpc) is 3.14. The summed E-state index contributed by atoms with van der Waals surface area (Å²) in [5, 5.41) is 2.89. The van der Waals surface area contributed by atoms with Gasteiger partial charge in [-0.15, -0.1) is 11.3 Å². The summed E-state index contributed by atoms with van der Waals surface area (Å²) in [5.41, 5.74) is 3.84. The Bertz CT molecular complexity index is 1110. The summed E-state index contributed by atoms with van der Waals surface area (Å²) in [4.78, 5) is 4.70. The van der Waals surface area contributed by atoms with Gasteiger partial charge in [0.1, 0.15) is 10.6 Å². The van der Waals surface area contributed by atoms with E-state index in [0.717, 1.165) is 21.8 Å². The first-order chi connectivity index (χ1) is 13.5. The van der Waals surface area contributed by atoms with Crippen molar-refractivity contribution in [2.45, 2.75) is 31.7 Å². The Morgan fingerprint density at radius 3 is 2.68 bits per heavy atom. The molecule has 0 saturated carbocycles. The van der Waals surface area contributed by atoms with Crippen molar-refractivity contribution >= 4 is 21.4 Å². The minimum absolute atomic E-state index is 0.205. The van der Waals surface area contributed by atoms with Gasteiger partial charge in [0.15, 0.2) is 0 Å². The van der Waals surface area contributed by atoms with Crippen LogP contribution in [0.25, 0.3) is 11.3 Å². The molecule has 0 spiro atoms. The molecule has 3 aromatic rings. The van der Waals surface area contributed by atoms with E-state index in [-0.39, 0.29) is 4.90 Å². The predicted molar refractivity (Wildman–Crippen MR) is 111 cm³/mol. The summed E-state index contributed by atoms with van der Waals surface area (Å²) in [5.74, 6) is 0.386. The number of sulfonamides is 1. The second kappa shape index (κ2) is 7.66. The molecule has 1 aliphatic rings. The maximum absolute atomic E-state index is 13.5. The smallest absolute Gasteiger partial charge is 0.247 e. The van der Waals surface area contributed by atoms with E-state index < -0.39 is 10.0 Å². The molecule has 0 unspecified atom stereocenters. The first kappa shape index (κ1) is 19.1. The molecule has 0 radical (unpaired) electrons. The van der Waals surface area contributed by atoms with Gasteiger partial charge in [0.25, 0.3) is 0 Å². The third-order valence-electron chi connectivity index (χ3n) is 4.87. The van der Waals surface area contributed by atoms with Gasteiger partial charge in [-0.2, -0.15) is 4.31 Å². The zero-order valence-electron chi connectivity index (χ0n) is 15.9. The van der Waals surface area contributed by atoms with Crippen molar-refractivity contribution in [1.82, 2.24) is 9.29 Å². The molecule has 28 heavy (non-hydrogen) atoms. The van der Waals surface area contributed by atoms with Crippen molar-refractivity contribution in [2.24, 2.45) is 0 Å². The normalized spacial score (nSPS) is 14.6. The van der Waals surface area contributed by atoms with E-state index in [1.54, 1.807) is 27.8 Å². The summed E-state index contributed by atoms with van der Waals surface area (Å²) >= 11 is 1.55. The number of ether oxygens (including phenoxy) is 1. The Morgan fingerprint density at radius 1 is 1.18 bits per heavy atom. The minimum Gasteiger partial charge on any atom is -0.492 e. The van der Waals surface area contributed by atoms with Gasteiger partial charge in [0.05, 0.1) is 17.3 Å². The SMILES string of the molecule is CCOc1ccc(-c2csc(C)n2)cc1S(=O)(=O)N1CCc2ccccc2C1. The van der Waals surface area contributed by atoms with Crippen LogP contribution in [0.5, 0.6) is 5.75 Å². The van der Waals surface area contributed by atoms with E-state index in [0.29, 0.717) is 31.9 Å². The Morgan fingerprint density at radius 2 is 1.96 bits per heavy atom. The van der Waals surface area contributed by atoms with Crippen LogP contribution >= 0.6 is 11.3 Å². The largest absolute Gasteiger partial charge is 0.492 e. The van der Waals surface area contributed by atoms with Gasteiger partial charge in [-0.1, -0.05) is 24.3 Å². The van der Waals surface area contributed by atoms with E-state index >= 15 is 0 Å². The highest BCUT2D eigenvalue weighted by Crippen LogP contribution is 2.34. The maximum Gasteiger partial charge on any atom is 0.247 e. The highest BCUT2D eigenvalue weighted by atomic mass is 32.2. The first-order valence-electron chi connectivity index (χ1n) is 9.25. The van der Waals surface area contributed by atoms with E-state index in [1.807, 2.05) is 43.5 Å². The number of benzene rings is 2. The highest BCUT2D eigenvalue weighted by molar-refractivity contribution is 7.89. The van der Waals surface area contributed by atoms with Crippen LogP contribution in [0.1, 0.15) is 23.1 Å². The zero-order valence-corrected chi connectivity index (χ0v) is 17.5. The lowest BCUT2D eigenvalue weighted by Gasteiger charge is -2.28. The number of rotatable bonds is 5. The van der Waals surface area contributed by atoms with Crippen LogP contribution in [0, 0.1) is 6.92 Å². The molecule has 0 saturated heterocycles. The number of hydrogen-bond acceptors (Lipinski definition) is 5. The number of aromatic nitrogens is 1. The summed E-state index contributed by atoms with van der Waals surface area (Å²) in [6, 6.07) is 13.3. The molecule has 0 bridgehead atoms. The number of hydrogen-bond donors (Lipinski definition) is 0. The Labute approximate surface area is 169 Å². The summed E-state index contributed by atoms with van der Waals surface area (Å²) in [6.07, 6.45) is 0.713. The summed E-state index contributed by atoms with van der Waals surface area (Å²) in [6.45, 7) is 5.03. The van der Waals surface area contributed by atoms with Crippen LogP contribution in [-0.2, 0) is 23.0 Å². The van der Waals surface area contributed by atoms with E-state index in [2.05, 4.69) is 11.1 Å². The van der Waals surface area contributed by atoms with Gasteiger partial charge < -0.3 is 4.74 Å². The van der Waals surface area contributed by atoms with Crippen molar-refractivity contribution in [1.29, 1.82) is 0 Å². The number of aryl methyl sites for hydroxylation is 1. The Kier molecular flexibility index (Phi) is 5.23. The Hall–Kier alpha value is -2.22. The molecule has 2 aromatic carbocycles. The van der Waals surface area contributed by atoms with Crippen LogP contribution in [-0.4, -0.2) is 30.9 Å². The lowest BCUT2D eigenvalue weighted by atomic mass is 10.0. The molecule has 0 N–H and O–H groups in total. The summed E-state index contributed by atoms with van der Waals surface area (Å²) in [7, 11) is -3.70. The van der Waals surface area contributed by atoms with E-state index in [9.17, 15) is 8.42 Å². The van der Waals surface area contributed by atoms with Gasteiger partial charge in [0, 0.05) is 24.0 Å². The standard InChI is InChI=1S/C21H22N2O3S2/c1-3-26-20-9-8-17(19-14-27-15(2)22-19)12-21(20)28(24,25)23-11-10-16-6-4-5-7-18(16)13-23/h4-9,12,14H,3,10-11,13H2,1-2H3. The van der Waals surface area contributed by atoms with Crippen LogP contribution in [0.3, 0.4) is 0 Å². The van der Waals surface area contributed by atoms with Gasteiger partial charge in [0.2, 0.25) is 10.0 Å². The molecule has 7 heteroatoms. The third kappa shape index (κ3) is 3.57. The minimum atomic E-state index is -3.70. The van der Waals surface area contributed by atoms with Gasteiger partial charge in [-0.3, -0.25) is 0 Å². The van der Waals surface area contributed by atoms with Crippen molar-refractivity contribution in [3.8, 4) is 17.0 Å². The second-order valence-corrected chi connectivity index (χ2v) is 9.67. The van der Waals surface area contributed by atoms with Crippen LogP contribution in [0.2, 0.25) is 0 Å². The molecular weight excluding hydrogens is 392 g/mol. The van der Waals surface area contributed by atoms with Crippen LogP contribution in [0.15, 0.2) is 52.7 Å². The lowest BCUT2D eigenvalue weighted by molar-refractivity contribution is 0.327. The van der Waals surface area contributed by atoms with Gasteiger partial charge in [-0.05, 0) is 49.6 Å². The van der Waals surface area contributed by atoms with Crippen molar-refractivity contribution in [3.05, 3.63) is 64.0 Å². The topological polar surface area (TPSA) is 59.5 Å². The van der Waals surface area contributed by atoms with Crippen molar-refractivity contribution in [2.75, 3.05) is 13.2 Å². The number of thiazole rings is 1. The number of nitrogens with zero attached hydrogens (tertiary/aromatic N) is 2. The molecule has 146 valence electrons. The van der Waals surface area contributed by atoms with Gasteiger partial charge >= 0.3 is 0 Å². The molecule has 0 amide bonds. The van der Waals surface area contributed by atoms with Gasteiger partial charge in [-0.25, -0.2) is 13.4 Å². The van der Waals surface area contributed by atoms with E-state index in [4.69, 9.17) is 4.74 Å². The number of fused-ring (bicyclic) bond motifs is 1. The average molecular weight is 415 g/mol. The quantitative estimate of drug-likeness (QED) is 0.626. The third-order valence-corrected chi connectivity index (χ3v) is 7.51. The Balaban J connectivity index is 1.75. The maximum atomic E-state index is 13.5. The summed E-state index contributed by atoms with van der Waals surface area (Å²) < 4.78 is 34.2. The predicted octanol–water partition coefficient (Wildman–Crippen LogP) is 4.26. The van der Waals surface area contributed by atoms with Crippen molar-refractivity contribution < 1.29 is 13.2 Å². The molecule has 0 fully saturated rings. The molecular formula is C21H22N2O3S2. The molecule has 0 atom stereocenters. The van der Waals surface area contributed by atoms with Crippen LogP contribution < -0.4 is 4.74 Å². The molecule has 1 aliphatic heterocycles. The molecule has 5 nitrogen and oxygen atoms in total. The fourth-order valence-electron chi connectivity index (χ4n) is 3.45. The molecule has 2 heterocycles. The zero-order chi connectivity index (χ0) is 19.7. The second-order valence-electron chi connectivity index (χ2n) is 6.70. The van der Waals surface area contributed by atoms with Crippen LogP contribution in [0.4, 0.5) is 0 Å². The van der Waals surface area contributed by atoms with E-state index in [1.165, 1.54) is 5.56 Å². The fourth-order valence-corrected chi connectivity index (χ4v) is 5.65. The lowest BCUT2D eigenvalue weighted by Crippen LogP contribution is -2.36. The molecule has 4 rings (SSSR count).